The molecule has 8 nitrogen and oxygen atoms in total. The Morgan fingerprint density at radius 2 is 1.97 bits per heavy atom. The minimum atomic E-state index is -0.714. The van der Waals surface area contributed by atoms with Gasteiger partial charge >= 0.3 is 0 Å². The lowest BCUT2D eigenvalue weighted by Gasteiger charge is -2.17. The van der Waals surface area contributed by atoms with E-state index >= 15 is 0 Å². The largest absolute Gasteiger partial charge is 0.494 e. The number of Topliss-reactive ketones (excluding diaryl/α,β-unsaturated/α-hetero) is 1. The first kappa shape index (κ1) is 25.3. The lowest BCUT2D eigenvalue weighted by molar-refractivity contribution is -0.122. The number of ketones is 1. The smallest absolute Gasteiger partial charge is 0.271 e. The molecule has 3 rings (SSSR count). The average molecular weight is 502 g/mol. The second-order valence-corrected chi connectivity index (χ2v) is 8.99. The van der Waals surface area contributed by atoms with E-state index in [0.29, 0.717) is 10.5 Å². The number of halogens is 1. The number of ether oxygens (including phenoxy) is 1. The van der Waals surface area contributed by atoms with Gasteiger partial charge in [0.05, 0.1) is 23.6 Å². The second kappa shape index (κ2) is 10.7. The molecule has 1 aromatic carbocycles. The summed E-state index contributed by atoms with van der Waals surface area (Å²) >= 11 is 6.35. The van der Waals surface area contributed by atoms with Gasteiger partial charge in [-0.1, -0.05) is 36.1 Å². The molecule has 1 saturated heterocycles. The maximum Gasteiger partial charge on any atom is 0.271 e. The number of hydrogen-bond donors (Lipinski definition) is 1. The summed E-state index contributed by atoms with van der Waals surface area (Å²) in [6, 6.07) is 7.41. The minimum absolute atomic E-state index is 0.0424. The molecule has 1 fully saturated rings. The van der Waals surface area contributed by atoms with Gasteiger partial charge < -0.3 is 9.84 Å². The molecule has 0 saturated carbocycles. The summed E-state index contributed by atoms with van der Waals surface area (Å²) in [6.07, 6.45) is 1.39. The lowest BCUT2D eigenvalue weighted by atomic mass is 10.00. The number of carbonyl (C=O) groups is 2. The molecule has 1 aliphatic rings. The molecule has 1 aromatic heterocycles. The number of pyridine rings is 1. The van der Waals surface area contributed by atoms with Crippen molar-refractivity contribution in [3.05, 3.63) is 67.6 Å². The Hall–Kier alpha value is -3.33. The third-order valence-corrected chi connectivity index (χ3v) is 6.58. The summed E-state index contributed by atoms with van der Waals surface area (Å²) in [6.45, 7) is 1.41. The van der Waals surface area contributed by atoms with Crippen LogP contribution in [0.25, 0.3) is 6.08 Å². The van der Waals surface area contributed by atoms with Crippen molar-refractivity contribution < 1.29 is 23.8 Å². The highest BCUT2D eigenvalue weighted by atomic mass is 32.2. The topological polar surface area (TPSA) is 113 Å². The zero-order valence-electron chi connectivity index (χ0n) is 18.3. The van der Waals surface area contributed by atoms with Gasteiger partial charge in [-0.2, -0.15) is 5.26 Å². The van der Waals surface area contributed by atoms with Crippen LogP contribution in [0.15, 0.2) is 34.0 Å². The number of carbonyl (C=O) groups excluding carboxylic acids is 2. The van der Waals surface area contributed by atoms with Crippen LogP contribution in [-0.2, 0) is 16.1 Å². The number of hydrogen-bond acceptors (Lipinski definition) is 8. The Morgan fingerprint density at radius 3 is 2.59 bits per heavy atom. The van der Waals surface area contributed by atoms with Crippen molar-refractivity contribution in [2.45, 2.75) is 19.9 Å². The van der Waals surface area contributed by atoms with E-state index in [1.165, 1.54) is 43.2 Å². The van der Waals surface area contributed by atoms with Crippen molar-refractivity contribution in [2.75, 3.05) is 20.3 Å². The number of aromatic hydroxyl groups is 1. The molecule has 0 aliphatic carbocycles. The van der Waals surface area contributed by atoms with Gasteiger partial charge in [-0.15, -0.1) is 0 Å². The molecule has 2 heterocycles. The molecule has 1 amide bonds. The molecule has 1 aliphatic heterocycles. The Morgan fingerprint density at radius 1 is 1.29 bits per heavy atom. The number of thioether (sulfide) groups is 1. The van der Waals surface area contributed by atoms with Gasteiger partial charge in [0.25, 0.3) is 11.5 Å². The average Bonchev–Trinajstić information content (AvgIpc) is 3.06. The normalized spacial score (nSPS) is 14.6. The first-order valence-corrected chi connectivity index (χ1v) is 11.3. The highest BCUT2D eigenvalue weighted by molar-refractivity contribution is 8.26. The number of rotatable bonds is 8. The third kappa shape index (κ3) is 5.09. The number of methoxy groups -OCH3 is 1. The van der Waals surface area contributed by atoms with Crippen LogP contribution in [0.2, 0.25) is 0 Å². The standard InChI is InChI=1S/C23H20FN3O5S2/c1-13-16(12-25)20(29)26(9-10-32-2)22(31)19(13)17(28)7-8-27-21(30)18(34-23(27)33)11-14-3-5-15(24)6-4-14/h3-6,11,31H,7-10H2,1-2H3/b18-11-. The van der Waals surface area contributed by atoms with Gasteiger partial charge in [0.1, 0.15) is 21.8 Å². The van der Waals surface area contributed by atoms with Gasteiger partial charge in [0.15, 0.2) is 5.78 Å². The fourth-order valence-electron chi connectivity index (χ4n) is 3.42. The van der Waals surface area contributed by atoms with Crippen molar-refractivity contribution in [1.29, 1.82) is 5.26 Å². The zero-order valence-corrected chi connectivity index (χ0v) is 20.0. The monoisotopic (exact) mass is 501 g/mol. The van der Waals surface area contributed by atoms with Gasteiger partial charge in [-0.3, -0.25) is 23.9 Å². The number of thiocarbonyl (C=S) groups is 1. The molecule has 176 valence electrons. The van der Waals surface area contributed by atoms with Gasteiger partial charge in [0, 0.05) is 20.1 Å². The van der Waals surface area contributed by atoms with Crippen LogP contribution in [-0.4, -0.2) is 50.8 Å². The fourth-order valence-corrected chi connectivity index (χ4v) is 4.72. The van der Waals surface area contributed by atoms with Crippen LogP contribution in [0, 0.1) is 24.1 Å². The number of nitrogens with zero attached hydrogens (tertiary/aromatic N) is 3. The number of aromatic nitrogens is 1. The second-order valence-electron chi connectivity index (χ2n) is 7.32. The highest BCUT2D eigenvalue weighted by Gasteiger charge is 2.33. The molecular formula is C23H20FN3O5S2. The molecule has 0 unspecified atom stereocenters. The lowest BCUT2D eigenvalue weighted by Crippen LogP contribution is -2.31. The van der Waals surface area contributed by atoms with E-state index in [0.717, 1.165) is 16.3 Å². The van der Waals surface area contributed by atoms with Crippen molar-refractivity contribution in [3.63, 3.8) is 0 Å². The first-order valence-electron chi connectivity index (χ1n) is 10.1. The van der Waals surface area contributed by atoms with Crippen LogP contribution >= 0.6 is 24.0 Å². The van der Waals surface area contributed by atoms with E-state index in [1.54, 1.807) is 12.1 Å². The summed E-state index contributed by atoms with van der Waals surface area (Å²) in [5, 5.41) is 20.0. The van der Waals surface area contributed by atoms with Crippen LogP contribution in [0.3, 0.4) is 0 Å². The maximum atomic E-state index is 13.1. The summed E-state index contributed by atoms with van der Waals surface area (Å²) in [5.74, 6) is -1.88. The van der Waals surface area contributed by atoms with E-state index in [4.69, 9.17) is 17.0 Å². The van der Waals surface area contributed by atoms with Crippen LogP contribution in [0.1, 0.15) is 33.5 Å². The van der Waals surface area contributed by atoms with E-state index in [-0.39, 0.29) is 47.1 Å². The van der Waals surface area contributed by atoms with Crippen LogP contribution in [0.5, 0.6) is 5.88 Å². The van der Waals surface area contributed by atoms with Gasteiger partial charge in [-0.05, 0) is 36.3 Å². The number of benzene rings is 1. The molecule has 34 heavy (non-hydrogen) atoms. The summed E-state index contributed by atoms with van der Waals surface area (Å²) in [7, 11) is 1.42. The predicted molar refractivity (Wildman–Crippen MR) is 129 cm³/mol. The molecule has 0 spiro atoms. The van der Waals surface area contributed by atoms with Gasteiger partial charge in [-0.25, -0.2) is 4.39 Å². The van der Waals surface area contributed by atoms with Gasteiger partial charge in [0.2, 0.25) is 5.88 Å². The van der Waals surface area contributed by atoms with E-state index < -0.39 is 28.9 Å². The number of nitriles is 1. The molecular weight excluding hydrogens is 481 g/mol. The van der Waals surface area contributed by atoms with Crippen LogP contribution in [0.4, 0.5) is 4.39 Å². The molecule has 11 heteroatoms. The third-order valence-electron chi connectivity index (χ3n) is 5.20. The van der Waals surface area contributed by atoms with Crippen molar-refractivity contribution in [3.8, 4) is 11.9 Å². The Balaban J connectivity index is 1.82. The molecule has 0 radical (unpaired) electrons. The van der Waals surface area contributed by atoms with Crippen molar-refractivity contribution >= 4 is 46.1 Å². The van der Waals surface area contributed by atoms with E-state index in [9.17, 15) is 29.1 Å². The Bertz CT molecular complexity index is 1300. The minimum Gasteiger partial charge on any atom is -0.494 e. The zero-order chi connectivity index (χ0) is 25.0. The van der Waals surface area contributed by atoms with Crippen molar-refractivity contribution in [2.24, 2.45) is 0 Å². The summed E-state index contributed by atoms with van der Waals surface area (Å²) in [4.78, 5) is 39.9. The number of amides is 1. The SMILES string of the molecule is COCCn1c(O)c(C(=O)CCN2C(=O)/C(=C/c3ccc(F)cc3)SC2=S)c(C)c(C#N)c1=O. The summed E-state index contributed by atoms with van der Waals surface area (Å²) < 4.78 is 19.2. The molecule has 0 atom stereocenters. The Labute approximate surface area is 204 Å². The maximum absolute atomic E-state index is 13.1. The molecule has 0 bridgehead atoms. The van der Waals surface area contributed by atoms with E-state index in [1.807, 2.05) is 0 Å². The quantitative estimate of drug-likeness (QED) is 0.334. The molecule has 1 N–H and O–H groups in total. The van der Waals surface area contributed by atoms with Crippen LogP contribution < -0.4 is 5.56 Å². The Kier molecular flexibility index (Phi) is 7.98. The fraction of sp³-hybridized carbons (Fsp3) is 0.261. The van der Waals surface area contributed by atoms with Crippen molar-refractivity contribution in [1.82, 2.24) is 9.47 Å². The predicted octanol–water partition coefficient (Wildman–Crippen LogP) is 2.99. The molecule has 2 aromatic rings. The first-order chi connectivity index (χ1) is 16.2. The highest BCUT2D eigenvalue weighted by Crippen LogP contribution is 2.33. The van der Waals surface area contributed by atoms with E-state index in [2.05, 4.69) is 0 Å². The summed E-state index contributed by atoms with van der Waals surface area (Å²) in [5.41, 5.74) is -0.412.